The molecule has 0 amide bonds. The first-order valence-electron chi connectivity index (χ1n) is 2.78. The predicted molar refractivity (Wildman–Crippen MR) is 38.0 cm³/mol. The first-order chi connectivity index (χ1) is 5.22. The Labute approximate surface area is 63.3 Å². The highest BCUT2D eigenvalue weighted by molar-refractivity contribution is 5.04. The summed E-state index contributed by atoms with van der Waals surface area (Å²) in [7, 11) is 2.57. The SMILES string of the molecule is CO.Cn1ccnc1[N+](=O)[O-]. The molecule has 1 aromatic heterocycles. The molecule has 0 saturated heterocycles. The van der Waals surface area contributed by atoms with E-state index in [0.717, 1.165) is 7.11 Å². The monoisotopic (exact) mass is 159 g/mol. The van der Waals surface area contributed by atoms with Crippen molar-refractivity contribution in [2.24, 2.45) is 7.05 Å². The lowest BCUT2D eigenvalue weighted by Gasteiger charge is -1.90. The van der Waals surface area contributed by atoms with Gasteiger partial charge >= 0.3 is 5.95 Å². The summed E-state index contributed by atoms with van der Waals surface area (Å²) in [6.07, 6.45) is 2.91. The van der Waals surface area contributed by atoms with Crippen LogP contribution < -0.4 is 0 Å². The molecule has 0 saturated carbocycles. The van der Waals surface area contributed by atoms with E-state index >= 15 is 0 Å². The van der Waals surface area contributed by atoms with E-state index in [-0.39, 0.29) is 5.95 Å². The molecule has 0 atom stereocenters. The Hall–Kier alpha value is -1.43. The van der Waals surface area contributed by atoms with Gasteiger partial charge in [0, 0.05) is 7.11 Å². The molecule has 6 nitrogen and oxygen atoms in total. The smallest absolute Gasteiger partial charge is 0.400 e. The number of hydrogen-bond donors (Lipinski definition) is 1. The maximum absolute atomic E-state index is 10.0. The van der Waals surface area contributed by atoms with Gasteiger partial charge in [-0.1, -0.05) is 4.98 Å². The molecule has 0 aromatic carbocycles. The van der Waals surface area contributed by atoms with Gasteiger partial charge in [0.1, 0.15) is 12.4 Å². The summed E-state index contributed by atoms with van der Waals surface area (Å²) in [6.45, 7) is 0. The van der Waals surface area contributed by atoms with Crippen LogP contribution in [0.3, 0.4) is 0 Å². The van der Waals surface area contributed by atoms with Gasteiger partial charge in [-0.05, 0) is 4.92 Å². The topological polar surface area (TPSA) is 81.2 Å². The molecule has 0 fully saturated rings. The van der Waals surface area contributed by atoms with E-state index in [9.17, 15) is 10.1 Å². The van der Waals surface area contributed by atoms with E-state index in [4.69, 9.17) is 5.11 Å². The maximum atomic E-state index is 10.0. The molecule has 0 spiro atoms. The number of aryl methyl sites for hydroxylation is 1. The van der Waals surface area contributed by atoms with E-state index in [0.29, 0.717) is 0 Å². The summed E-state index contributed by atoms with van der Waals surface area (Å²) >= 11 is 0. The lowest BCUT2D eigenvalue weighted by molar-refractivity contribution is -0.396. The van der Waals surface area contributed by atoms with E-state index < -0.39 is 4.92 Å². The van der Waals surface area contributed by atoms with Crippen molar-refractivity contribution in [3.63, 3.8) is 0 Å². The molecule has 11 heavy (non-hydrogen) atoms. The number of imidazole rings is 1. The quantitative estimate of drug-likeness (QED) is 0.459. The summed E-state index contributed by atoms with van der Waals surface area (Å²) in [5.74, 6) is -0.130. The highest BCUT2D eigenvalue weighted by Gasteiger charge is 2.07. The summed E-state index contributed by atoms with van der Waals surface area (Å²) in [4.78, 5) is 13.0. The Balaban J connectivity index is 0.000000461. The zero-order valence-corrected chi connectivity index (χ0v) is 6.26. The maximum Gasteiger partial charge on any atom is 0.434 e. The molecule has 0 aliphatic rings. The zero-order valence-electron chi connectivity index (χ0n) is 6.26. The van der Waals surface area contributed by atoms with Gasteiger partial charge in [-0.3, -0.25) is 0 Å². The average molecular weight is 159 g/mol. The van der Waals surface area contributed by atoms with Gasteiger partial charge in [-0.15, -0.1) is 0 Å². The van der Waals surface area contributed by atoms with Crippen LogP contribution in [0.2, 0.25) is 0 Å². The first-order valence-corrected chi connectivity index (χ1v) is 2.78. The van der Waals surface area contributed by atoms with Crippen LogP contribution >= 0.6 is 0 Å². The lowest BCUT2D eigenvalue weighted by atomic mass is 10.9. The second-order valence-corrected chi connectivity index (χ2v) is 1.60. The Bertz CT molecular complexity index is 233. The molecule has 0 aliphatic heterocycles. The number of nitrogens with zero attached hydrogens (tertiary/aromatic N) is 3. The van der Waals surface area contributed by atoms with Crippen LogP contribution in [0.5, 0.6) is 0 Å². The van der Waals surface area contributed by atoms with Gasteiger partial charge < -0.3 is 15.2 Å². The molecule has 1 rings (SSSR count). The number of aromatic nitrogens is 2. The summed E-state index contributed by atoms with van der Waals surface area (Å²) < 4.78 is 1.35. The van der Waals surface area contributed by atoms with Crippen LogP contribution in [-0.4, -0.2) is 26.7 Å². The van der Waals surface area contributed by atoms with Crippen LogP contribution in [0.15, 0.2) is 12.4 Å². The molecule has 0 unspecified atom stereocenters. The number of hydrogen-bond acceptors (Lipinski definition) is 4. The number of rotatable bonds is 1. The third-order valence-corrected chi connectivity index (χ3v) is 0.959. The molecule has 0 radical (unpaired) electrons. The molecular weight excluding hydrogens is 150 g/mol. The van der Waals surface area contributed by atoms with Gasteiger partial charge in [-0.2, -0.15) is 0 Å². The summed E-state index contributed by atoms with van der Waals surface area (Å²) in [5.41, 5.74) is 0. The Morgan fingerprint density at radius 2 is 2.27 bits per heavy atom. The van der Waals surface area contributed by atoms with Gasteiger partial charge in [0.25, 0.3) is 0 Å². The largest absolute Gasteiger partial charge is 0.434 e. The van der Waals surface area contributed by atoms with Crippen molar-refractivity contribution in [1.29, 1.82) is 0 Å². The van der Waals surface area contributed by atoms with Crippen molar-refractivity contribution in [3.8, 4) is 0 Å². The van der Waals surface area contributed by atoms with Crippen LogP contribution in [0.4, 0.5) is 5.95 Å². The van der Waals surface area contributed by atoms with Crippen molar-refractivity contribution in [2.45, 2.75) is 0 Å². The van der Waals surface area contributed by atoms with Crippen molar-refractivity contribution in [1.82, 2.24) is 9.55 Å². The Kier molecular flexibility index (Phi) is 3.82. The fraction of sp³-hybridized carbons (Fsp3) is 0.400. The molecule has 0 aliphatic carbocycles. The molecule has 0 bridgehead atoms. The van der Waals surface area contributed by atoms with Crippen LogP contribution in [-0.2, 0) is 7.05 Å². The lowest BCUT2D eigenvalue weighted by Crippen LogP contribution is -1.96. The third kappa shape index (κ3) is 2.34. The zero-order chi connectivity index (χ0) is 8.85. The molecule has 1 heterocycles. The van der Waals surface area contributed by atoms with Gasteiger partial charge in [0.05, 0.1) is 7.05 Å². The summed E-state index contributed by atoms with van der Waals surface area (Å²) in [6, 6.07) is 0. The molecular formula is C5H9N3O3. The van der Waals surface area contributed by atoms with Crippen molar-refractivity contribution < 1.29 is 10.0 Å². The first kappa shape index (κ1) is 9.57. The van der Waals surface area contributed by atoms with Crippen LogP contribution in [0.25, 0.3) is 0 Å². The van der Waals surface area contributed by atoms with Crippen molar-refractivity contribution in [3.05, 3.63) is 22.5 Å². The molecule has 6 heteroatoms. The molecule has 62 valence electrons. The minimum atomic E-state index is -0.528. The molecule has 1 N–H and O–H groups in total. The Morgan fingerprint density at radius 3 is 2.45 bits per heavy atom. The van der Waals surface area contributed by atoms with Gasteiger partial charge in [0.2, 0.25) is 0 Å². The Morgan fingerprint density at radius 1 is 1.73 bits per heavy atom. The third-order valence-electron chi connectivity index (χ3n) is 0.959. The highest BCUT2D eigenvalue weighted by Crippen LogP contribution is 2.02. The van der Waals surface area contributed by atoms with E-state index in [1.807, 2.05) is 0 Å². The van der Waals surface area contributed by atoms with Crippen LogP contribution in [0, 0.1) is 10.1 Å². The summed E-state index contributed by atoms with van der Waals surface area (Å²) in [5, 5.41) is 17.0. The number of aliphatic hydroxyl groups is 1. The minimum Gasteiger partial charge on any atom is -0.400 e. The standard InChI is InChI=1S/C4H5N3O2.CH4O/c1-6-3-2-5-4(6)7(8)9;1-2/h2-3H,1H3;2H,1H3. The fourth-order valence-corrected chi connectivity index (χ4v) is 0.534. The average Bonchev–Trinajstić information content (AvgIpc) is 2.39. The van der Waals surface area contributed by atoms with Gasteiger partial charge in [0.15, 0.2) is 0 Å². The van der Waals surface area contributed by atoms with E-state index in [1.165, 1.54) is 17.0 Å². The van der Waals surface area contributed by atoms with Crippen molar-refractivity contribution >= 4 is 5.95 Å². The van der Waals surface area contributed by atoms with Crippen LogP contribution in [0.1, 0.15) is 0 Å². The second-order valence-electron chi connectivity index (χ2n) is 1.60. The predicted octanol–water partition coefficient (Wildman–Crippen LogP) is -0.0632. The van der Waals surface area contributed by atoms with E-state index in [2.05, 4.69) is 4.98 Å². The van der Waals surface area contributed by atoms with E-state index in [1.54, 1.807) is 7.05 Å². The second kappa shape index (κ2) is 4.40. The normalized spacial score (nSPS) is 8.27. The van der Waals surface area contributed by atoms with Gasteiger partial charge in [-0.25, -0.2) is 4.57 Å². The number of aliphatic hydroxyl groups excluding tert-OH is 1. The highest BCUT2D eigenvalue weighted by atomic mass is 16.6. The minimum absolute atomic E-state index is 0.130. The molecule has 1 aromatic rings. The fourth-order valence-electron chi connectivity index (χ4n) is 0.534. The van der Waals surface area contributed by atoms with Crippen molar-refractivity contribution in [2.75, 3.05) is 7.11 Å². The number of nitro groups is 1.